The van der Waals surface area contributed by atoms with Crippen molar-refractivity contribution < 1.29 is 4.79 Å². The van der Waals surface area contributed by atoms with Crippen LogP contribution in [0, 0.1) is 0 Å². The maximum atomic E-state index is 11.7. The first kappa shape index (κ1) is 9.97. The van der Waals surface area contributed by atoms with Gasteiger partial charge in [0.2, 0.25) is 0 Å². The molecule has 16 heavy (non-hydrogen) atoms. The number of aromatic nitrogens is 1. The minimum absolute atomic E-state index is 0.163. The Morgan fingerprint density at radius 2 is 2.25 bits per heavy atom. The molecule has 2 nitrogen and oxygen atoms in total. The highest BCUT2D eigenvalue weighted by Crippen LogP contribution is 2.35. The van der Waals surface area contributed by atoms with Gasteiger partial charge in [0.1, 0.15) is 5.69 Å². The van der Waals surface area contributed by atoms with Gasteiger partial charge in [0.25, 0.3) is 0 Å². The highest BCUT2D eigenvalue weighted by Gasteiger charge is 2.22. The lowest BCUT2D eigenvalue weighted by Crippen LogP contribution is -2.04. The molecule has 0 aromatic carbocycles. The third-order valence-corrected chi connectivity index (χ3v) is 4.10. The number of fused-ring (bicyclic) bond motifs is 1. The topological polar surface area (TPSA) is 30.0 Å². The molecule has 0 radical (unpaired) electrons. The standard InChI is InChI=1S/C13H13NOS/c15-11-8-4-7-10-12(11)14-16-13(10)9-5-2-1-3-6-9/h4-5,7H,1-3,6,8H2. The second kappa shape index (κ2) is 3.98. The van der Waals surface area contributed by atoms with Gasteiger partial charge < -0.3 is 0 Å². The number of rotatable bonds is 1. The van der Waals surface area contributed by atoms with E-state index in [9.17, 15) is 4.79 Å². The zero-order valence-electron chi connectivity index (χ0n) is 9.03. The molecule has 2 aliphatic carbocycles. The smallest absolute Gasteiger partial charge is 0.186 e. The lowest BCUT2D eigenvalue weighted by molar-refractivity contribution is 0.0991. The van der Waals surface area contributed by atoms with Crippen molar-refractivity contribution in [2.24, 2.45) is 0 Å². The van der Waals surface area contributed by atoms with Crippen LogP contribution in [0.3, 0.4) is 0 Å². The number of hydrogen-bond acceptors (Lipinski definition) is 3. The summed E-state index contributed by atoms with van der Waals surface area (Å²) in [5, 5.41) is 0. The zero-order chi connectivity index (χ0) is 11.0. The van der Waals surface area contributed by atoms with Crippen molar-refractivity contribution in [2.75, 3.05) is 0 Å². The van der Waals surface area contributed by atoms with Crippen LogP contribution in [-0.4, -0.2) is 10.2 Å². The number of Topliss-reactive ketones (excluding diaryl/α,β-unsaturated/α-hetero) is 1. The second-order valence-electron chi connectivity index (χ2n) is 4.28. The Labute approximate surface area is 98.9 Å². The van der Waals surface area contributed by atoms with Crippen LogP contribution in [0.2, 0.25) is 0 Å². The number of allylic oxidation sites excluding steroid dienone is 3. The molecule has 1 heterocycles. The van der Waals surface area contributed by atoms with E-state index < -0.39 is 0 Å². The quantitative estimate of drug-likeness (QED) is 0.737. The average Bonchev–Trinajstić information content (AvgIpc) is 2.75. The van der Waals surface area contributed by atoms with E-state index in [1.807, 2.05) is 6.08 Å². The fourth-order valence-electron chi connectivity index (χ4n) is 2.31. The van der Waals surface area contributed by atoms with Gasteiger partial charge in [0, 0.05) is 12.0 Å². The van der Waals surface area contributed by atoms with Gasteiger partial charge in [-0.15, -0.1) is 0 Å². The number of hydrogen-bond donors (Lipinski definition) is 0. The second-order valence-corrected chi connectivity index (χ2v) is 5.05. The summed E-state index contributed by atoms with van der Waals surface area (Å²) in [4.78, 5) is 12.9. The van der Waals surface area contributed by atoms with Crippen molar-refractivity contribution in [3.05, 3.63) is 28.3 Å². The molecule has 1 aromatic heterocycles. The van der Waals surface area contributed by atoms with E-state index in [0.29, 0.717) is 12.1 Å². The van der Waals surface area contributed by atoms with Crippen molar-refractivity contribution in [2.45, 2.75) is 32.1 Å². The summed E-state index contributed by atoms with van der Waals surface area (Å²) >= 11 is 1.49. The van der Waals surface area contributed by atoms with Crippen molar-refractivity contribution in [3.8, 4) is 0 Å². The zero-order valence-corrected chi connectivity index (χ0v) is 9.85. The van der Waals surface area contributed by atoms with Crippen LogP contribution in [0.15, 0.2) is 12.2 Å². The van der Waals surface area contributed by atoms with Gasteiger partial charge in [-0.3, -0.25) is 4.79 Å². The highest BCUT2D eigenvalue weighted by atomic mass is 32.1. The van der Waals surface area contributed by atoms with Crippen LogP contribution >= 0.6 is 11.5 Å². The van der Waals surface area contributed by atoms with Gasteiger partial charge in [-0.1, -0.05) is 18.2 Å². The third-order valence-electron chi connectivity index (χ3n) is 3.16. The van der Waals surface area contributed by atoms with E-state index in [-0.39, 0.29) is 5.78 Å². The summed E-state index contributed by atoms with van der Waals surface area (Å²) < 4.78 is 4.31. The Balaban J connectivity index is 2.07. The molecule has 2 aliphatic rings. The molecule has 3 rings (SSSR count). The number of nitrogens with zero attached hydrogens (tertiary/aromatic N) is 1. The molecule has 0 amide bonds. The molecule has 3 heteroatoms. The molecule has 0 fully saturated rings. The Kier molecular flexibility index (Phi) is 2.48. The first-order valence-electron chi connectivity index (χ1n) is 5.75. The van der Waals surface area contributed by atoms with E-state index in [1.165, 1.54) is 41.2 Å². The maximum absolute atomic E-state index is 11.7. The van der Waals surface area contributed by atoms with E-state index in [4.69, 9.17) is 0 Å². The Morgan fingerprint density at radius 3 is 3.06 bits per heavy atom. The SMILES string of the molecule is O=C1CC=Cc2c1nsc2C1=CCCCC1. The number of ketones is 1. The van der Waals surface area contributed by atoms with Crippen LogP contribution in [0.5, 0.6) is 0 Å². The fourth-order valence-corrected chi connectivity index (χ4v) is 3.26. The molecule has 0 bridgehead atoms. The normalized spacial score (nSPS) is 19.5. The fraction of sp³-hybridized carbons (Fsp3) is 0.385. The van der Waals surface area contributed by atoms with Crippen molar-refractivity contribution in [3.63, 3.8) is 0 Å². The first-order chi connectivity index (χ1) is 7.86. The highest BCUT2D eigenvalue weighted by molar-refractivity contribution is 7.07. The third kappa shape index (κ3) is 1.55. The van der Waals surface area contributed by atoms with Crippen molar-refractivity contribution >= 4 is 29.0 Å². The summed E-state index contributed by atoms with van der Waals surface area (Å²) in [6, 6.07) is 0. The van der Waals surface area contributed by atoms with Gasteiger partial charge in [-0.05, 0) is 42.8 Å². The molecule has 0 unspecified atom stereocenters. The first-order valence-corrected chi connectivity index (χ1v) is 6.52. The molecule has 0 aliphatic heterocycles. The molecule has 0 N–H and O–H groups in total. The summed E-state index contributed by atoms with van der Waals surface area (Å²) in [6.45, 7) is 0. The predicted octanol–water partition coefficient (Wildman–Crippen LogP) is 3.70. The number of carbonyl (C=O) groups excluding carboxylic acids is 1. The Bertz CT molecular complexity index is 496. The average molecular weight is 231 g/mol. The lowest BCUT2D eigenvalue weighted by atomic mass is 9.93. The van der Waals surface area contributed by atoms with E-state index >= 15 is 0 Å². The van der Waals surface area contributed by atoms with Gasteiger partial charge in [0.05, 0.1) is 4.88 Å². The summed E-state index contributed by atoms with van der Waals surface area (Å²) in [7, 11) is 0. The van der Waals surface area contributed by atoms with Crippen LogP contribution in [0.4, 0.5) is 0 Å². The molecule has 0 spiro atoms. The molecule has 0 atom stereocenters. The van der Waals surface area contributed by atoms with Gasteiger partial charge >= 0.3 is 0 Å². The predicted molar refractivity (Wildman–Crippen MR) is 66.5 cm³/mol. The van der Waals surface area contributed by atoms with Crippen molar-refractivity contribution in [1.82, 2.24) is 4.37 Å². The Hall–Kier alpha value is -1.22. The molecular weight excluding hydrogens is 218 g/mol. The van der Waals surface area contributed by atoms with Gasteiger partial charge in [-0.25, -0.2) is 0 Å². The minimum atomic E-state index is 0.163. The van der Waals surface area contributed by atoms with E-state index in [0.717, 1.165) is 12.0 Å². The molecule has 0 saturated carbocycles. The summed E-state index contributed by atoms with van der Waals surface area (Å²) in [5.41, 5.74) is 3.15. The molecular formula is C13H13NOS. The molecule has 0 saturated heterocycles. The largest absolute Gasteiger partial charge is 0.292 e. The van der Waals surface area contributed by atoms with Gasteiger partial charge in [-0.2, -0.15) is 4.37 Å². The molecule has 82 valence electrons. The summed E-state index contributed by atoms with van der Waals surface area (Å²) in [5.74, 6) is 0.163. The van der Waals surface area contributed by atoms with Crippen LogP contribution < -0.4 is 0 Å². The molecule has 1 aromatic rings. The maximum Gasteiger partial charge on any atom is 0.186 e. The summed E-state index contributed by atoms with van der Waals surface area (Å²) in [6.07, 6.45) is 11.7. The van der Waals surface area contributed by atoms with Crippen LogP contribution in [-0.2, 0) is 0 Å². The van der Waals surface area contributed by atoms with Crippen LogP contribution in [0.25, 0.3) is 11.6 Å². The van der Waals surface area contributed by atoms with E-state index in [2.05, 4.69) is 16.5 Å². The lowest BCUT2D eigenvalue weighted by Gasteiger charge is -2.12. The monoisotopic (exact) mass is 231 g/mol. The van der Waals surface area contributed by atoms with Gasteiger partial charge in [0.15, 0.2) is 5.78 Å². The van der Waals surface area contributed by atoms with Crippen molar-refractivity contribution in [1.29, 1.82) is 0 Å². The van der Waals surface area contributed by atoms with Crippen LogP contribution in [0.1, 0.15) is 53.0 Å². The van der Waals surface area contributed by atoms with E-state index in [1.54, 1.807) is 0 Å². The Morgan fingerprint density at radius 1 is 1.31 bits per heavy atom. The minimum Gasteiger partial charge on any atom is -0.292 e. The number of carbonyl (C=O) groups is 1.